The lowest BCUT2D eigenvalue weighted by molar-refractivity contribution is -0.176. The third kappa shape index (κ3) is 6.70. The Morgan fingerprint density at radius 2 is 1.85 bits per heavy atom. The molecule has 0 radical (unpaired) electrons. The second-order valence-corrected chi connectivity index (χ2v) is 7.01. The zero-order valence-corrected chi connectivity index (χ0v) is 16.1. The summed E-state index contributed by atoms with van der Waals surface area (Å²) in [6.07, 6.45) is 0.520. The van der Waals surface area contributed by atoms with E-state index in [1.54, 1.807) is 7.05 Å². The summed E-state index contributed by atoms with van der Waals surface area (Å²) in [7, 11) is 1.63. The molecule has 7 nitrogen and oxygen atoms in total. The third-order valence-corrected chi connectivity index (χ3v) is 4.48. The van der Waals surface area contributed by atoms with E-state index in [4.69, 9.17) is 17.4 Å². The number of hydroxylamine groups is 3. The molecule has 1 aromatic carbocycles. The largest absolute Gasteiger partial charge is 0.381 e. The van der Waals surface area contributed by atoms with Gasteiger partial charge in [0, 0.05) is 25.8 Å². The first-order chi connectivity index (χ1) is 12.3. The number of nitrogens with one attached hydrogen (secondary N) is 2. The SMILES string of the molecule is CNC(=S)[C@H](Cc1ccccc1)N(O)C(=O)[C@@H](CC(=O)NO)CC(C)C. The first kappa shape index (κ1) is 22.0. The fourth-order valence-electron chi connectivity index (χ4n) is 2.74. The van der Waals surface area contributed by atoms with Crippen LogP contribution in [0, 0.1) is 11.8 Å². The molecule has 0 saturated carbocycles. The zero-order valence-electron chi connectivity index (χ0n) is 15.3. The summed E-state index contributed by atoms with van der Waals surface area (Å²) in [4.78, 5) is 24.7. The summed E-state index contributed by atoms with van der Waals surface area (Å²) in [5.41, 5.74) is 2.45. The number of hydrogen-bond acceptors (Lipinski definition) is 5. The van der Waals surface area contributed by atoms with Crippen LogP contribution in [-0.4, -0.2) is 45.4 Å². The van der Waals surface area contributed by atoms with Crippen LogP contribution in [0.3, 0.4) is 0 Å². The number of hydrogen-bond donors (Lipinski definition) is 4. The molecule has 0 aliphatic carbocycles. The Labute approximate surface area is 159 Å². The fraction of sp³-hybridized carbons (Fsp3) is 0.500. The minimum atomic E-state index is -0.759. The van der Waals surface area contributed by atoms with E-state index in [0.29, 0.717) is 22.9 Å². The van der Waals surface area contributed by atoms with Crippen molar-refractivity contribution >= 4 is 29.0 Å². The lowest BCUT2D eigenvalue weighted by atomic mass is 9.92. The minimum absolute atomic E-state index is 0.132. The van der Waals surface area contributed by atoms with E-state index in [0.717, 1.165) is 5.56 Å². The van der Waals surface area contributed by atoms with E-state index >= 15 is 0 Å². The lowest BCUT2D eigenvalue weighted by Crippen LogP contribution is -2.50. The molecule has 2 atom stereocenters. The van der Waals surface area contributed by atoms with Gasteiger partial charge in [0.2, 0.25) is 11.8 Å². The van der Waals surface area contributed by atoms with E-state index in [2.05, 4.69) is 5.32 Å². The molecule has 0 aliphatic heterocycles. The summed E-state index contributed by atoms with van der Waals surface area (Å²) in [5.74, 6) is -1.90. The smallest absolute Gasteiger partial charge is 0.250 e. The molecular formula is C18H27N3O4S. The Morgan fingerprint density at radius 1 is 1.23 bits per heavy atom. The van der Waals surface area contributed by atoms with Crippen molar-refractivity contribution in [2.45, 2.75) is 39.2 Å². The summed E-state index contributed by atoms with van der Waals surface area (Å²) in [6, 6.07) is 8.62. The molecule has 0 saturated heterocycles. The normalized spacial score (nSPS) is 13.0. The highest BCUT2D eigenvalue weighted by molar-refractivity contribution is 7.80. The molecule has 0 bridgehead atoms. The highest BCUT2D eigenvalue weighted by Gasteiger charge is 2.32. The quantitative estimate of drug-likeness (QED) is 0.296. The molecule has 144 valence electrons. The van der Waals surface area contributed by atoms with Gasteiger partial charge >= 0.3 is 0 Å². The standard InChI is InChI=1S/C18H27N3O4S/c1-12(2)9-14(11-16(22)20-24)18(23)21(25)15(17(26)19-3)10-13-7-5-4-6-8-13/h4-8,12,14-15,24-25H,9-11H2,1-3H3,(H,19,26)(H,20,22)/t14-,15+/m1/s1. The van der Waals surface area contributed by atoms with Crippen LogP contribution in [0.2, 0.25) is 0 Å². The molecule has 0 spiro atoms. The predicted molar refractivity (Wildman–Crippen MR) is 102 cm³/mol. The van der Waals surface area contributed by atoms with Gasteiger partial charge in [-0.15, -0.1) is 0 Å². The van der Waals surface area contributed by atoms with Gasteiger partial charge in [0.15, 0.2) is 0 Å². The highest BCUT2D eigenvalue weighted by Crippen LogP contribution is 2.20. The van der Waals surface area contributed by atoms with Crippen LogP contribution in [0.1, 0.15) is 32.3 Å². The second kappa shape index (κ2) is 10.8. The van der Waals surface area contributed by atoms with Crippen molar-refractivity contribution in [3.63, 3.8) is 0 Å². The van der Waals surface area contributed by atoms with Gasteiger partial charge < -0.3 is 5.32 Å². The Morgan fingerprint density at radius 3 is 2.35 bits per heavy atom. The number of benzene rings is 1. The van der Waals surface area contributed by atoms with Gasteiger partial charge in [-0.05, 0) is 17.9 Å². The van der Waals surface area contributed by atoms with Gasteiger partial charge in [-0.3, -0.25) is 20.0 Å². The van der Waals surface area contributed by atoms with Crippen molar-refractivity contribution in [2.24, 2.45) is 11.8 Å². The molecule has 0 fully saturated rings. The van der Waals surface area contributed by atoms with Crippen molar-refractivity contribution in [2.75, 3.05) is 7.05 Å². The fourth-order valence-corrected chi connectivity index (χ4v) is 2.93. The molecule has 26 heavy (non-hydrogen) atoms. The van der Waals surface area contributed by atoms with Crippen LogP contribution in [0.5, 0.6) is 0 Å². The minimum Gasteiger partial charge on any atom is -0.381 e. The van der Waals surface area contributed by atoms with Crippen molar-refractivity contribution < 1.29 is 20.0 Å². The van der Waals surface area contributed by atoms with Crippen molar-refractivity contribution in [3.8, 4) is 0 Å². The molecule has 4 N–H and O–H groups in total. The van der Waals surface area contributed by atoms with E-state index in [1.165, 1.54) is 5.48 Å². The van der Waals surface area contributed by atoms with E-state index in [1.807, 2.05) is 44.2 Å². The van der Waals surface area contributed by atoms with Gasteiger partial charge in [0.1, 0.15) is 11.0 Å². The number of amides is 2. The first-order valence-electron chi connectivity index (χ1n) is 8.50. The second-order valence-electron chi connectivity index (χ2n) is 6.57. The van der Waals surface area contributed by atoms with Crippen LogP contribution >= 0.6 is 12.2 Å². The van der Waals surface area contributed by atoms with E-state index in [-0.39, 0.29) is 12.3 Å². The molecular weight excluding hydrogens is 354 g/mol. The Kier molecular flexibility index (Phi) is 9.18. The number of nitrogens with zero attached hydrogens (tertiary/aromatic N) is 1. The summed E-state index contributed by atoms with van der Waals surface area (Å²) < 4.78 is 0. The summed E-state index contributed by atoms with van der Waals surface area (Å²) in [5, 5.41) is 22.7. The monoisotopic (exact) mass is 381 g/mol. The summed E-state index contributed by atoms with van der Waals surface area (Å²) in [6.45, 7) is 3.83. The van der Waals surface area contributed by atoms with Crippen molar-refractivity contribution in [3.05, 3.63) is 35.9 Å². The molecule has 1 rings (SSSR count). The average Bonchev–Trinajstić information content (AvgIpc) is 2.64. The molecule has 8 heteroatoms. The predicted octanol–water partition coefficient (Wildman–Crippen LogP) is 1.92. The van der Waals surface area contributed by atoms with E-state index in [9.17, 15) is 14.8 Å². The maximum absolute atomic E-state index is 12.8. The summed E-state index contributed by atoms with van der Waals surface area (Å²) >= 11 is 5.27. The van der Waals surface area contributed by atoms with Crippen LogP contribution in [0.25, 0.3) is 0 Å². The van der Waals surface area contributed by atoms with Crippen LogP contribution in [0.4, 0.5) is 0 Å². The van der Waals surface area contributed by atoms with Gasteiger partial charge in [-0.25, -0.2) is 10.5 Å². The molecule has 0 heterocycles. The van der Waals surface area contributed by atoms with Crippen LogP contribution in [-0.2, 0) is 16.0 Å². The van der Waals surface area contributed by atoms with Crippen LogP contribution < -0.4 is 10.8 Å². The highest BCUT2D eigenvalue weighted by atomic mass is 32.1. The van der Waals surface area contributed by atoms with Crippen molar-refractivity contribution in [1.29, 1.82) is 0 Å². The number of carbonyl (C=O) groups excluding carboxylic acids is 2. The van der Waals surface area contributed by atoms with Crippen molar-refractivity contribution in [1.82, 2.24) is 15.9 Å². The van der Waals surface area contributed by atoms with Crippen LogP contribution in [0.15, 0.2) is 30.3 Å². The van der Waals surface area contributed by atoms with Gasteiger partial charge in [0.25, 0.3) is 0 Å². The Balaban J connectivity index is 3.01. The zero-order chi connectivity index (χ0) is 19.7. The molecule has 0 aromatic heterocycles. The molecule has 1 aromatic rings. The maximum Gasteiger partial charge on any atom is 0.250 e. The van der Waals surface area contributed by atoms with Gasteiger partial charge in [-0.2, -0.15) is 0 Å². The first-order valence-corrected chi connectivity index (χ1v) is 8.91. The van der Waals surface area contributed by atoms with Gasteiger partial charge in [-0.1, -0.05) is 56.4 Å². The Bertz CT molecular complexity index is 610. The maximum atomic E-state index is 12.8. The molecule has 2 amide bonds. The number of carbonyl (C=O) groups is 2. The molecule has 0 aliphatic rings. The third-order valence-electron chi connectivity index (χ3n) is 4.00. The topological polar surface area (TPSA) is 102 Å². The number of likely N-dealkylation sites (N-methyl/N-ethyl adjacent to an activating group) is 1. The lowest BCUT2D eigenvalue weighted by Gasteiger charge is -2.30. The van der Waals surface area contributed by atoms with E-state index < -0.39 is 23.8 Å². The Hall–Kier alpha value is -2.03. The number of rotatable bonds is 9. The number of thiocarbonyl (C=S) groups is 1. The van der Waals surface area contributed by atoms with Gasteiger partial charge in [0.05, 0.1) is 0 Å². The molecule has 0 unspecified atom stereocenters. The average molecular weight is 381 g/mol.